The topological polar surface area (TPSA) is 55.4 Å². The van der Waals surface area contributed by atoms with Gasteiger partial charge in [0.1, 0.15) is 29.1 Å². The zero-order valence-corrected chi connectivity index (χ0v) is 13.7. The molecule has 1 aromatic carbocycles. The number of carbonyl (C=O) groups excluding carboxylic acids is 2. The maximum absolute atomic E-state index is 13.9. The second-order valence-corrected chi connectivity index (χ2v) is 6.55. The van der Waals surface area contributed by atoms with Gasteiger partial charge >= 0.3 is 6.09 Å². The summed E-state index contributed by atoms with van der Waals surface area (Å²) in [5.74, 6) is -1.75. The van der Waals surface area contributed by atoms with Crippen LogP contribution in [-0.4, -0.2) is 18.0 Å². The van der Waals surface area contributed by atoms with Crippen LogP contribution in [0.4, 0.5) is 13.6 Å². The molecule has 0 aliphatic carbocycles. The van der Waals surface area contributed by atoms with Crippen molar-refractivity contribution >= 4 is 28.3 Å². The van der Waals surface area contributed by atoms with E-state index < -0.39 is 28.9 Å². The number of ether oxygens (including phenoxy) is 1. The van der Waals surface area contributed by atoms with Gasteiger partial charge in [-0.1, -0.05) is 0 Å². The molecule has 21 heavy (non-hydrogen) atoms. The Morgan fingerprint density at radius 2 is 1.81 bits per heavy atom. The van der Waals surface area contributed by atoms with E-state index in [1.165, 1.54) is 6.92 Å². The third-order valence-electron chi connectivity index (χ3n) is 2.57. The Balaban J connectivity index is 3.13. The largest absolute Gasteiger partial charge is 0.444 e. The zero-order chi connectivity index (χ0) is 16.4. The van der Waals surface area contributed by atoms with Gasteiger partial charge in [0.2, 0.25) is 0 Å². The summed E-state index contributed by atoms with van der Waals surface area (Å²) < 4.78 is 32.2. The molecule has 1 aromatic rings. The van der Waals surface area contributed by atoms with Gasteiger partial charge < -0.3 is 14.8 Å². The number of carbonyl (C=O) groups is 2. The Hall–Kier alpha value is -1.50. The van der Waals surface area contributed by atoms with Crippen molar-refractivity contribution in [1.82, 2.24) is 5.32 Å². The molecule has 0 bridgehead atoms. The van der Waals surface area contributed by atoms with E-state index in [1.54, 1.807) is 20.8 Å². The molecule has 0 aliphatic heterocycles. The van der Waals surface area contributed by atoms with E-state index in [1.807, 2.05) is 0 Å². The minimum atomic E-state index is -1.68. The Labute approximate surface area is 130 Å². The van der Waals surface area contributed by atoms with Crippen molar-refractivity contribution in [3.63, 3.8) is 0 Å². The summed E-state index contributed by atoms with van der Waals surface area (Å²) in [5, 5.41) is 2.29. The number of alkyl carbamates (subject to hydrolysis) is 1. The van der Waals surface area contributed by atoms with Crippen LogP contribution in [0.1, 0.15) is 33.3 Å². The first kappa shape index (κ1) is 17.6. The van der Waals surface area contributed by atoms with Gasteiger partial charge in [-0.2, -0.15) is 0 Å². The standard InChI is InChI=1S/C14H16BrF2NO3/c1-13(2,3)21-12(20)18-14(4,7-19)8-5-9(15)11(17)6-10(8)16/h5-7H,1-4H3,(H,18,20). The molecule has 0 aliphatic rings. The number of nitrogens with one attached hydrogen (secondary N) is 1. The molecule has 1 N–H and O–H groups in total. The fraction of sp³-hybridized carbons (Fsp3) is 0.429. The number of rotatable bonds is 3. The van der Waals surface area contributed by atoms with Crippen molar-refractivity contribution in [2.24, 2.45) is 0 Å². The van der Waals surface area contributed by atoms with E-state index in [0.717, 1.165) is 6.07 Å². The number of benzene rings is 1. The Kier molecular flexibility index (Phi) is 5.09. The van der Waals surface area contributed by atoms with Gasteiger partial charge in [0.25, 0.3) is 0 Å². The van der Waals surface area contributed by atoms with Crippen LogP contribution in [0.5, 0.6) is 0 Å². The fourth-order valence-corrected chi connectivity index (χ4v) is 1.94. The van der Waals surface area contributed by atoms with Crippen molar-refractivity contribution < 1.29 is 23.1 Å². The lowest BCUT2D eigenvalue weighted by atomic mass is 9.93. The highest BCUT2D eigenvalue weighted by Gasteiger charge is 2.33. The van der Waals surface area contributed by atoms with Crippen LogP contribution in [0.2, 0.25) is 0 Å². The first-order chi connectivity index (χ1) is 9.48. The average molecular weight is 364 g/mol. The number of aldehydes is 1. The minimum absolute atomic E-state index is 0.0158. The van der Waals surface area contributed by atoms with Crippen molar-refractivity contribution in [3.8, 4) is 0 Å². The Morgan fingerprint density at radius 3 is 2.29 bits per heavy atom. The van der Waals surface area contributed by atoms with Gasteiger partial charge in [-0.15, -0.1) is 0 Å². The van der Waals surface area contributed by atoms with Gasteiger partial charge in [0.05, 0.1) is 4.47 Å². The summed E-state index contributed by atoms with van der Waals surface area (Å²) in [4.78, 5) is 23.1. The molecule has 1 atom stereocenters. The highest BCUT2D eigenvalue weighted by molar-refractivity contribution is 9.10. The minimum Gasteiger partial charge on any atom is -0.444 e. The number of amides is 1. The highest BCUT2D eigenvalue weighted by Crippen LogP contribution is 2.28. The molecule has 116 valence electrons. The Morgan fingerprint density at radius 1 is 1.24 bits per heavy atom. The molecule has 0 radical (unpaired) electrons. The van der Waals surface area contributed by atoms with Crippen molar-refractivity contribution in [1.29, 1.82) is 0 Å². The average Bonchev–Trinajstić information content (AvgIpc) is 2.31. The highest BCUT2D eigenvalue weighted by atomic mass is 79.9. The quantitative estimate of drug-likeness (QED) is 0.658. The maximum atomic E-state index is 13.9. The molecule has 1 amide bonds. The van der Waals surface area contributed by atoms with E-state index in [2.05, 4.69) is 21.2 Å². The van der Waals surface area contributed by atoms with Crippen molar-refractivity contribution in [2.75, 3.05) is 0 Å². The van der Waals surface area contributed by atoms with Crippen molar-refractivity contribution in [2.45, 2.75) is 38.8 Å². The smallest absolute Gasteiger partial charge is 0.408 e. The van der Waals surface area contributed by atoms with E-state index >= 15 is 0 Å². The summed E-state index contributed by atoms with van der Waals surface area (Å²) in [6.45, 7) is 6.26. The molecule has 0 saturated carbocycles. The van der Waals surface area contributed by atoms with Crippen LogP contribution in [-0.2, 0) is 15.1 Å². The van der Waals surface area contributed by atoms with Crippen LogP contribution >= 0.6 is 15.9 Å². The first-order valence-electron chi connectivity index (χ1n) is 6.11. The fourth-order valence-electron chi connectivity index (χ4n) is 1.60. The lowest BCUT2D eigenvalue weighted by Crippen LogP contribution is -2.47. The van der Waals surface area contributed by atoms with E-state index in [-0.39, 0.29) is 10.0 Å². The van der Waals surface area contributed by atoms with Crippen LogP contribution in [0.15, 0.2) is 16.6 Å². The number of hydrogen-bond acceptors (Lipinski definition) is 3. The Bertz CT molecular complexity index is 572. The van der Waals surface area contributed by atoms with Gasteiger partial charge in [0, 0.05) is 11.6 Å². The van der Waals surface area contributed by atoms with Crippen molar-refractivity contribution in [3.05, 3.63) is 33.8 Å². The second-order valence-electron chi connectivity index (χ2n) is 5.69. The molecule has 0 aromatic heterocycles. The monoisotopic (exact) mass is 363 g/mol. The second kappa shape index (κ2) is 6.09. The summed E-state index contributed by atoms with van der Waals surface area (Å²) in [5.41, 5.74) is -2.62. The predicted octanol–water partition coefficient (Wildman–Crippen LogP) is 3.67. The summed E-state index contributed by atoms with van der Waals surface area (Å²) in [6.07, 6.45) is -0.517. The van der Waals surface area contributed by atoms with E-state index in [0.29, 0.717) is 12.4 Å². The molecular formula is C14H16BrF2NO3. The number of halogens is 3. The van der Waals surface area contributed by atoms with Crippen LogP contribution in [0, 0.1) is 11.6 Å². The third kappa shape index (κ3) is 4.49. The van der Waals surface area contributed by atoms with Crippen LogP contribution in [0.25, 0.3) is 0 Å². The van der Waals surface area contributed by atoms with Gasteiger partial charge in [0.15, 0.2) is 0 Å². The van der Waals surface area contributed by atoms with E-state index in [9.17, 15) is 18.4 Å². The lowest BCUT2D eigenvalue weighted by molar-refractivity contribution is -0.113. The molecule has 0 spiro atoms. The summed E-state index contributed by atoms with van der Waals surface area (Å²) >= 11 is 2.92. The van der Waals surface area contributed by atoms with Crippen LogP contribution < -0.4 is 5.32 Å². The molecule has 1 rings (SSSR count). The van der Waals surface area contributed by atoms with Gasteiger partial charge in [-0.3, -0.25) is 0 Å². The molecule has 4 nitrogen and oxygen atoms in total. The predicted molar refractivity (Wildman–Crippen MR) is 76.8 cm³/mol. The maximum Gasteiger partial charge on any atom is 0.408 e. The summed E-state index contributed by atoms with van der Waals surface area (Å²) in [6, 6.07) is 1.74. The third-order valence-corrected chi connectivity index (χ3v) is 3.17. The normalized spacial score (nSPS) is 14.2. The van der Waals surface area contributed by atoms with Crippen LogP contribution in [0.3, 0.4) is 0 Å². The SMILES string of the molecule is CC(C)(C)OC(=O)NC(C)(C=O)c1cc(Br)c(F)cc1F. The molecule has 0 saturated heterocycles. The molecular weight excluding hydrogens is 348 g/mol. The van der Waals surface area contributed by atoms with E-state index in [4.69, 9.17) is 4.74 Å². The molecule has 0 heterocycles. The number of hydrogen-bond donors (Lipinski definition) is 1. The van der Waals surface area contributed by atoms with Gasteiger partial charge in [-0.25, -0.2) is 13.6 Å². The summed E-state index contributed by atoms with van der Waals surface area (Å²) in [7, 11) is 0. The first-order valence-corrected chi connectivity index (χ1v) is 6.90. The molecule has 1 unspecified atom stereocenters. The zero-order valence-electron chi connectivity index (χ0n) is 12.1. The molecule has 7 heteroatoms. The lowest BCUT2D eigenvalue weighted by Gasteiger charge is -2.28. The van der Waals surface area contributed by atoms with Gasteiger partial charge in [-0.05, 0) is 49.7 Å². The molecule has 0 fully saturated rings.